The molecule has 2 unspecified atom stereocenters. The van der Waals surface area contributed by atoms with Crippen LogP contribution in [0, 0.1) is 0 Å². The topological polar surface area (TPSA) is 108 Å². The fourth-order valence-electron chi connectivity index (χ4n) is 14.6. The van der Waals surface area contributed by atoms with Crippen molar-refractivity contribution in [1.29, 1.82) is 0 Å². The Balaban J connectivity index is 3.87. The van der Waals surface area contributed by atoms with Crippen LogP contribution in [0.2, 0.25) is 0 Å². The van der Waals surface area contributed by atoms with E-state index in [1.807, 2.05) is 21.1 Å². The summed E-state index contributed by atoms with van der Waals surface area (Å²) >= 11 is 0. The molecule has 0 spiro atoms. The van der Waals surface area contributed by atoms with Crippen molar-refractivity contribution < 1.29 is 42.9 Å². The summed E-state index contributed by atoms with van der Waals surface area (Å²) < 4.78 is 23.1. The second-order valence-corrected chi connectivity index (χ2v) is 33.3. The monoisotopic (exact) mass is 1470 g/mol. The average molecular weight is 1470 g/mol. The third-order valence-corrected chi connectivity index (χ3v) is 21.6. The molecule has 0 heterocycles. The zero-order valence-electron chi connectivity index (χ0n) is 70.7. The number of carboxylic acids is 1. The van der Waals surface area contributed by atoms with Gasteiger partial charge < -0.3 is 28.5 Å². The van der Waals surface area contributed by atoms with Gasteiger partial charge in [-0.05, 0) is 51.4 Å². The van der Waals surface area contributed by atoms with Gasteiger partial charge in [0.05, 0.1) is 34.4 Å². The Hall–Kier alpha value is -2.49. The Morgan fingerprint density at radius 1 is 0.288 bits per heavy atom. The molecule has 2 atom stereocenters. The fraction of sp³-hybridized carbons (Fsp3) is 0.905. The van der Waals surface area contributed by atoms with Crippen LogP contribution in [-0.2, 0) is 33.3 Å². The van der Waals surface area contributed by atoms with Gasteiger partial charge in [0, 0.05) is 12.8 Å². The summed E-state index contributed by atoms with van der Waals surface area (Å²) in [5.41, 5.74) is 0. The minimum atomic E-state index is -1.51. The van der Waals surface area contributed by atoms with Gasteiger partial charge in [-0.25, -0.2) is 4.79 Å². The second kappa shape index (κ2) is 86.1. The molecular weight excluding hydrogens is 1280 g/mol. The van der Waals surface area contributed by atoms with Crippen molar-refractivity contribution in [2.24, 2.45) is 0 Å². The first-order valence-corrected chi connectivity index (χ1v) is 46.7. The normalized spacial score (nSPS) is 12.7. The van der Waals surface area contributed by atoms with Gasteiger partial charge in [-0.2, -0.15) is 0 Å². The zero-order chi connectivity index (χ0) is 75.3. The van der Waals surface area contributed by atoms with E-state index >= 15 is 0 Å². The maximum atomic E-state index is 13.0. The number of ether oxygens (including phenoxy) is 4. The summed E-state index contributed by atoms with van der Waals surface area (Å²) in [5, 5.41) is 9.80. The van der Waals surface area contributed by atoms with Crippen molar-refractivity contribution in [2.75, 3.05) is 47.5 Å². The van der Waals surface area contributed by atoms with E-state index in [1.54, 1.807) is 0 Å². The van der Waals surface area contributed by atoms with Crippen molar-refractivity contribution in [3.8, 4) is 0 Å². The van der Waals surface area contributed by atoms with Gasteiger partial charge in [-0.3, -0.25) is 9.59 Å². The minimum Gasteiger partial charge on any atom is -0.477 e. The minimum absolute atomic E-state index is 0.174. The summed E-state index contributed by atoms with van der Waals surface area (Å²) in [7, 11) is 6.01. The highest BCUT2D eigenvalue weighted by molar-refractivity contribution is 5.71. The van der Waals surface area contributed by atoms with Gasteiger partial charge in [0.25, 0.3) is 6.29 Å². The highest BCUT2D eigenvalue weighted by Gasteiger charge is 2.25. The van der Waals surface area contributed by atoms with Crippen molar-refractivity contribution in [1.82, 2.24) is 0 Å². The highest BCUT2D eigenvalue weighted by atomic mass is 16.7. The van der Waals surface area contributed by atoms with Crippen LogP contribution in [0.15, 0.2) is 36.5 Å². The molecule has 0 aromatic carbocycles. The summed E-state index contributed by atoms with van der Waals surface area (Å²) in [4.78, 5) is 37.8. The van der Waals surface area contributed by atoms with Crippen LogP contribution in [-0.4, -0.2) is 87.4 Å². The third-order valence-electron chi connectivity index (χ3n) is 21.6. The lowest BCUT2D eigenvalue weighted by Crippen LogP contribution is -2.40. The molecule has 0 fully saturated rings. The van der Waals surface area contributed by atoms with Gasteiger partial charge in [-0.1, -0.05) is 468 Å². The largest absolute Gasteiger partial charge is 0.477 e. The van der Waals surface area contributed by atoms with E-state index in [1.165, 1.54) is 417 Å². The molecule has 0 amide bonds. The Kier molecular flexibility index (Phi) is 84.0. The molecule has 9 nitrogen and oxygen atoms in total. The number of aliphatic carboxylic acids is 1. The van der Waals surface area contributed by atoms with E-state index in [2.05, 4.69) is 50.3 Å². The Labute approximate surface area is 649 Å². The number of hydrogen-bond donors (Lipinski definition) is 1. The molecule has 9 heteroatoms. The van der Waals surface area contributed by atoms with Crippen molar-refractivity contribution in [3.05, 3.63) is 36.5 Å². The van der Waals surface area contributed by atoms with Crippen LogP contribution >= 0.6 is 0 Å². The van der Waals surface area contributed by atoms with E-state index in [-0.39, 0.29) is 38.2 Å². The molecule has 0 saturated heterocycles. The Morgan fingerprint density at radius 2 is 0.519 bits per heavy atom. The second-order valence-electron chi connectivity index (χ2n) is 33.3. The molecular formula is C95H182NO8+. The molecule has 0 rings (SSSR count). The van der Waals surface area contributed by atoms with Crippen LogP contribution in [0.3, 0.4) is 0 Å². The van der Waals surface area contributed by atoms with Crippen LogP contribution in [0.4, 0.5) is 0 Å². The smallest absolute Gasteiger partial charge is 0.361 e. The van der Waals surface area contributed by atoms with Gasteiger partial charge in [0.1, 0.15) is 13.2 Å². The number of esters is 2. The predicted molar refractivity (Wildman–Crippen MR) is 452 cm³/mol. The summed E-state index contributed by atoms with van der Waals surface area (Å²) in [5.74, 6) is -1.96. The number of nitrogens with zero attached hydrogens (tertiary/aromatic N) is 1. The summed E-state index contributed by atoms with van der Waals surface area (Å²) in [6, 6.07) is 0. The van der Waals surface area contributed by atoms with Crippen LogP contribution in [0.5, 0.6) is 0 Å². The number of carboxylic acid groups (broad SMARTS) is 1. The number of hydrogen-bond acceptors (Lipinski definition) is 7. The summed E-state index contributed by atoms with van der Waals surface area (Å²) in [6.07, 6.45) is 111. The predicted octanol–water partition coefficient (Wildman–Crippen LogP) is 30.6. The molecule has 0 aliphatic heterocycles. The fourth-order valence-corrected chi connectivity index (χ4v) is 14.6. The molecule has 0 aromatic heterocycles. The van der Waals surface area contributed by atoms with Crippen LogP contribution in [0.25, 0.3) is 0 Å². The quantitative estimate of drug-likeness (QED) is 0.0211. The molecule has 104 heavy (non-hydrogen) atoms. The first kappa shape index (κ1) is 102. The van der Waals surface area contributed by atoms with E-state index in [0.717, 1.165) is 51.4 Å². The molecule has 1 N–H and O–H groups in total. The number of allylic oxidation sites excluding steroid dienone is 6. The van der Waals surface area contributed by atoms with E-state index in [9.17, 15) is 19.5 Å². The number of carbonyl (C=O) groups is 3. The number of quaternary nitrogens is 1. The highest BCUT2D eigenvalue weighted by Crippen LogP contribution is 2.22. The SMILES string of the molecule is CCCCCCC/C=C\C/C=C\C/C=C\CCCCCCCCCCCCCCCCCCCCCCCCCCCCC(=O)OC(COC(=O)CCCCCCCCCCCCCCCCCCCCCCCCCCCCCCCCCCCCCCCC)COC(OCC[N+](C)(C)C)C(=O)O. The molecule has 0 saturated carbocycles. The number of carbonyl (C=O) groups excluding carboxylic acids is 2. The molecule has 0 aliphatic carbocycles. The first-order chi connectivity index (χ1) is 51.1. The molecule has 0 radical (unpaired) electrons. The standard InChI is InChI=1S/C95H181NO8/c1-6-8-10-12-14-16-18-20-22-24-26-28-30-32-34-36-38-40-42-44-46-47-48-50-52-54-56-58-60-62-64-66-68-70-72-74-76-78-80-82-84-86-93(98)104-91(90-103-95(94(99)100)101-88-87-96(3,4)5)89-102-92(97)85-83-81-79-77-75-73-71-69-67-65-63-61-59-57-55-53-51-49-45-43-41-39-37-35-33-31-29-27-25-23-21-19-17-15-13-11-9-7-2/h18,20,24,26,30,32,91,95H,6-17,19,21-23,25,27-29,31,33-90H2,1-5H3/p+1/b20-18-,26-24-,32-30-. The maximum absolute atomic E-state index is 13.0. The first-order valence-electron chi connectivity index (χ1n) is 46.7. The maximum Gasteiger partial charge on any atom is 0.361 e. The Bertz CT molecular complexity index is 1810. The van der Waals surface area contributed by atoms with Gasteiger partial charge in [0.2, 0.25) is 0 Å². The lowest BCUT2D eigenvalue weighted by Gasteiger charge is -2.25. The lowest BCUT2D eigenvalue weighted by molar-refractivity contribution is -0.870. The third kappa shape index (κ3) is 86.7. The van der Waals surface area contributed by atoms with Crippen molar-refractivity contribution in [2.45, 2.75) is 508 Å². The van der Waals surface area contributed by atoms with Gasteiger partial charge >= 0.3 is 17.9 Å². The van der Waals surface area contributed by atoms with Gasteiger partial charge in [-0.15, -0.1) is 0 Å². The number of likely N-dealkylation sites (N-methyl/N-ethyl adjacent to an activating group) is 1. The zero-order valence-corrected chi connectivity index (χ0v) is 70.7. The Morgan fingerprint density at radius 3 is 0.769 bits per heavy atom. The van der Waals surface area contributed by atoms with E-state index < -0.39 is 18.4 Å². The lowest BCUT2D eigenvalue weighted by atomic mass is 10.0. The number of unbranched alkanes of at least 4 members (excludes halogenated alkanes) is 68. The van der Waals surface area contributed by atoms with E-state index in [4.69, 9.17) is 18.9 Å². The summed E-state index contributed by atoms with van der Waals surface area (Å²) in [6.45, 7) is 4.96. The molecule has 0 aliphatic rings. The molecule has 0 bridgehead atoms. The van der Waals surface area contributed by atoms with Gasteiger partial charge in [0.15, 0.2) is 6.10 Å². The van der Waals surface area contributed by atoms with Crippen molar-refractivity contribution >= 4 is 17.9 Å². The van der Waals surface area contributed by atoms with Crippen LogP contribution < -0.4 is 0 Å². The molecule has 0 aromatic rings. The van der Waals surface area contributed by atoms with Crippen molar-refractivity contribution in [3.63, 3.8) is 0 Å². The van der Waals surface area contributed by atoms with E-state index in [0.29, 0.717) is 17.4 Å². The van der Waals surface area contributed by atoms with Crippen LogP contribution in [0.1, 0.15) is 495 Å². The molecule has 614 valence electrons. The average Bonchev–Trinajstić information content (AvgIpc) is 0.971. The number of rotatable bonds is 89.